The zero-order valence-electron chi connectivity index (χ0n) is 7.93. The molecule has 0 amide bonds. The van der Waals surface area contributed by atoms with Crippen LogP contribution in [0.1, 0.15) is 6.92 Å². The Morgan fingerprint density at radius 3 is 2.79 bits per heavy atom. The molecule has 0 bridgehead atoms. The van der Waals surface area contributed by atoms with Gasteiger partial charge >= 0.3 is 5.97 Å². The summed E-state index contributed by atoms with van der Waals surface area (Å²) in [5.41, 5.74) is 0. The first kappa shape index (κ1) is 11.4. The third-order valence-electron chi connectivity index (χ3n) is 2.20. The van der Waals surface area contributed by atoms with Gasteiger partial charge in [0.1, 0.15) is 6.04 Å². The number of carbonyl (C=O) groups is 1. The summed E-state index contributed by atoms with van der Waals surface area (Å²) in [6.07, 6.45) is 0. The van der Waals surface area contributed by atoms with Crippen LogP contribution in [0, 0.1) is 0 Å². The first-order valence-corrected chi connectivity index (χ1v) is 6.03. The minimum atomic E-state index is -3.40. The van der Waals surface area contributed by atoms with Gasteiger partial charge in [-0.1, -0.05) is 0 Å². The number of rotatable bonds is 3. The summed E-state index contributed by atoms with van der Waals surface area (Å²) >= 11 is 0. The second kappa shape index (κ2) is 4.24. The molecular formula is C7H14N2O4S. The van der Waals surface area contributed by atoms with Crippen molar-refractivity contribution in [2.24, 2.45) is 0 Å². The van der Waals surface area contributed by atoms with E-state index in [2.05, 4.69) is 5.32 Å². The smallest absolute Gasteiger partial charge is 0.323 e. The van der Waals surface area contributed by atoms with Crippen LogP contribution in [0.5, 0.6) is 0 Å². The predicted octanol–water partition coefficient (Wildman–Crippen LogP) is -1.31. The van der Waals surface area contributed by atoms with Crippen molar-refractivity contribution >= 4 is 16.0 Å². The monoisotopic (exact) mass is 222 g/mol. The van der Waals surface area contributed by atoms with Crippen molar-refractivity contribution in [3.8, 4) is 0 Å². The zero-order chi connectivity index (χ0) is 10.8. The second-order valence-electron chi connectivity index (χ2n) is 3.07. The van der Waals surface area contributed by atoms with Crippen LogP contribution < -0.4 is 5.32 Å². The summed E-state index contributed by atoms with van der Waals surface area (Å²) in [5.74, 6) is -1.16. The highest BCUT2D eigenvalue weighted by atomic mass is 32.2. The molecule has 1 aliphatic heterocycles. The summed E-state index contributed by atoms with van der Waals surface area (Å²) in [7, 11) is -3.40. The molecule has 7 heteroatoms. The van der Waals surface area contributed by atoms with Crippen molar-refractivity contribution in [3.05, 3.63) is 0 Å². The van der Waals surface area contributed by atoms with Gasteiger partial charge in [-0.2, -0.15) is 4.31 Å². The van der Waals surface area contributed by atoms with Gasteiger partial charge in [0.05, 0.1) is 5.75 Å². The molecule has 2 N–H and O–H groups in total. The minimum Gasteiger partial charge on any atom is -0.480 e. The molecule has 1 rings (SSSR count). The third kappa shape index (κ3) is 2.23. The van der Waals surface area contributed by atoms with E-state index in [-0.39, 0.29) is 18.8 Å². The van der Waals surface area contributed by atoms with E-state index in [1.165, 1.54) is 6.92 Å². The van der Waals surface area contributed by atoms with Crippen molar-refractivity contribution in [2.45, 2.75) is 13.0 Å². The van der Waals surface area contributed by atoms with Crippen LogP contribution in [0.25, 0.3) is 0 Å². The van der Waals surface area contributed by atoms with Crippen LogP contribution >= 0.6 is 0 Å². The maximum absolute atomic E-state index is 11.5. The van der Waals surface area contributed by atoms with Gasteiger partial charge in [0.2, 0.25) is 10.0 Å². The highest BCUT2D eigenvalue weighted by Gasteiger charge is 2.35. The number of piperazine rings is 1. The van der Waals surface area contributed by atoms with E-state index >= 15 is 0 Å². The van der Waals surface area contributed by atoms with Gasteiger partial charge in [0, 0.05) is 19.6 Å². The lowest BCUT2D eigenvalue weighted by Crippen LogP contribution is -2.57. The fraction of sp³-hybridized carbons (Fsp3) is 0.857. The van der Waals surface area contributed by atoms with Gasteiger partial charge in [-0.05, 0) is 6.92 Å². The number of hydrogen-bond acceptors (Lipinski definition) is 4. The lowest BCUT2D eigenvalue weighted by Gasteiger charge is -2.31. The molecule has 0 aromatic rings. The zero-order valence-corrected chi connectivity index (χ0v) is 8.75. The normalized spacial score (nSPS) is 24.8. The molecule has 1 fully saturated rings. The van der Waals surface area contributed by atoms with Crippen molar-refractivity contribution in [3.63, 3.8) is 0 Å². The molecule has 0 aromatic heterocycles. The molecule has 1 unspecified atom stereocenters. The van der Waals surface area contributed by atoms with Crippen LogP contribution in [0.4, 0.5) is 0 Å². The fourth-order valence-corrected chi connectivity index (χ4v) is 2.65. The van der Waals surface area contributed by atoms with E-state index in [1.807, 2.05) is 0 Å². The van der Waals surface area contributed by atoms with E-state index in [1.54, 1.807) is 0 Å². The van der Waals surface area contributed by atoms with E-state index in [0.29, 0.717) is 6.54 Å². The SMILES string of the molecule is CCS(=O)(=O)N1CCNCC1C(=O)O. The van der Waals surface area contributed by atoms with Crippen LogP contribution in [0.2, 0.25) is 0 Å². The van der Waals surface area contributed by atoms with Gasteiger partial charge in [0.25, 0.3) is 0 Å². The summed E-state index contributed by atoms with van der Waals surface area (Å²) in [6.45, 7) is 2.42. The summed E-state index contributed by atoms with van der Waals surface area (Å²) in [4.78, 5) is 10.8. The van der Waals surface area contributed by atoms with Gasteiger partial charge in [-0.25, -0.2) is 8.42 Å². The Balaban J connectivity index is 2.88. The molecule has 1 saturated heterocycles. The van der Waals surface area contributed by atoms with E-state index in [0.717, 1.165) is 4.31 Å². The Kier molecular flexibility index (Phi) is 3.46. The average Bonchev–Trinajstić information content (AvgIpc) is 2.18. The number of aliphatic carboxylic acids is 1. The molecule has 1 heterocycles. The Labute approximate surface area is 82.9 Å². The number of sulfonamides is 1. The third-order valence-corrected chi connectivity index (χ3v) is 4.08. The molecule has 1 atom stereocenters. The number of nitrogens with zero attached hydrogens (tertiary/aromatic N) is 1. The minimum absolute atomic E-state index is 0.0587. The largest absolute Gasteiger partial charge is 0.480 e. The summed E-state index contributed by atoms with van der Waals surface area (Å²) < 4.78 is 24.1. The van der Waals surface area contributed by atoms with E-state index in [9.17, 15) is 13.2 Å². The molecule has 14 heavy (non-hydrogen) atoms. The van der Waals surface area contributed by atoms with Gasteiger partial charge in [0.15, 0.2) is 0 Å². The number of carboxylic acid groups (broad SMARTS) is 1. The second-order valence-corrected chi connectivity index (χ2v) is 5.28. The quantitative estimate of drug-likeness (QED) is 0.619. The van der Waals surface area contributed by atoms with Gasteiger partial charge in [-0.15, -0.1) is 0 Å². The van der Waals surface area contributed by atoms with Crippen LogP contribution in [0.3, 0.4) is 0 Å². The molecule has 0 spiro atoms. The number of hydrogen-bond donors (Lipinski definition) is 2. The van der Waals surface area contributed by atoms with E-state index in [4.69, 9.17) is 5.11 Å². The Morgan fingerprint density at radius 1 is 1.64 bits per heavy atom. The number of carboxylic acids is 1. The first-order valence-electron chi connectivity index (χ1n) is 4.42. The van der Waals surface area contributed by atoms with Crippen LogP contribution in [-0.2, 0) is 14.8 Å². The van der Waals surface area contributed by atoms with Crippen molar-refractivity contribution in [1.82, 2.24) is 9.62 Å². The average molecular weight is 222 g/mol. The van der Waals surface area contributed by atoms with Crippen molar-refractivity contribution in [2.75, 3.05) is 25.4 Å². The van der Waals surface area contributed by atoms with E-state index < -0.39 is 22.0 Å². The number of nitrogens with one attached hydrogen (secondary N) is 1. The molecular weight excluding hydrogens is 208 g/mol. The first-order chi connectivity index (χ1) is 6.49. The lowest BCUT2D eigenvalue weighted by molar-refractivity contribution is -0.141. The Morgan fingerprint density at radius 2 is 2.29 bits per heavy atom. The Hall–Kier alpha value is -0.660. The lowest BCUT2D eigenvalue weighted by atomic mass is 10.2. The summed E-state index contributed by atoms with van der Waals surface area (Å²) in [6, 6.07) is -0.964. The highest BCUT2D eigenvalue weighted by molar-refractivity contribution is 7.89. The van der Waals surface area contributed by atoms with Gasteiger partial charge < -0.3 is 10.4 Å². The topological polar surface area (TPSA) is 86.7 Å². The molecule has 1 aliphatic rings. The molecule has 82 valence electrons. The Bertz CT molecular complexity index is 314. The van der Waals surface area contributed by atoms with Crippen LogP contribution in [-0.4, -0.2) is 55.2 Å². The van der Waals surface area contributed by atoms with Crippen molar-refractivity contribution in [1.29, 1.82) is 0 Å². The molecule has 6 nitrogen and oxygen atoms in total. The standard InChI is InChI=1S/C7H14N2O4S/c1-2-14(12,13)9-4-3-8-5-6(9)7(10)11/h6,8H,2-5H2,1H3,(H,10,11). The van der Waals surface area contributed by atoms with Crippen LogP contribution in [0.15, 0.2) is 0 Å². The maximum Gasteiger partial charge on any atom is 0.323 e. The maximum atomic E-state index is 11.5. The van der Waals surface area contributed by atoms with Crippen molar-refractivity contribution < 1.29 is 18.3 Å². The molecule has 0 radical (unpaired) electrons. The summed E-state index contributed by atoms with van der Waals surface area (Å²) in [5, 5.41) is 11.7. The highest BCUT2D eigenvalue weighted by Crippen LogP contribution is 2.10. The molecule has 0 aromatic carbocycles. The molecule has 0 saturated carbocycles. The molecule has 0 aliphatic carbocycles. The van der Waals surface area contributed by atoms with Gasteiger partial charge in [-0.3, -0.25) is 4.79 Å². The predicted molar refractivity (Wildman–Crippen MR) is 50.5 cm³/mol. The fourth-order valence-electron chi connectivity index (χ4n) is 1.39.